The lowest BCUT2D eigenvalue weighted by molar-refractivity contribution is -0.142. The third-order valence-corrected chi connectivity index (χ3v) is 3.91. The van der Waals surface area contributed by atoms with Gasteiger partial charge in [-0.05, 0) is 12.5 Å². The molecule has 0 saturated carbocycles. The van der Waals surface area contributed by atoms with Crippen LogP contribution in [-0.4, -0.2) is 22.1 Å². The van der Waals surface area contributed by atoms with E-state index in [1.165, 1.54) is 11.8 Å². The lowest BCUT2D eigenvalue weighted by Gasteiger charge is -2.15. The van der Waals surface area contributed by atoms with Gasteiger partial charge in [-0.3, -0.25) is 4.79 Å². The van der Waals surface area contributed by atoms with Crippen LogP contribution in [-0.2, 0) is 16.6 Å². The molecule has 0 radical (unpaired) electrons. The molecule has 4 nitrogen and oxygen atoms in total. The van der Waals surface area contributed by atoms with Crippen LogP contribution in [0.2, 0.25) is 0 Å². The molecule has 0 spiro atoms. The van der Waals surface area contributed by atoms with E-state index >= 15 is 0 Å². The highest BCUT2D eigenvalue weighted by molar-refractivity contribution is 8.00. The number of carbonyl (C=O) groups is 1. The van der Waals surface area contributed by atoms with Crippen LogP contribution in [0.4, 0.5) is 0 Å². The van der Waals surface area contributed by atoms with Gasteiger partial charge < -0.3 is 9.30 Å². The summed E-state index contributed by atoms with van der Waals surface area (Å²) in [7, 11) is 1.91. The maximum Gasteiger partial charge on any atom is 0.324 e. The number of rotatable bonds is 5. The second-order valence-corrected chi connectivity index (χ2v) is 5.05. The van der Waals surface area contributed by atoms with Crippen molar-refractivity contribution in [1.29, 1.82) is 0 Å². The molecular weight excluding hydrogens is 260 g/mol. The number of benzene rings is 1. The largest absolute Gasteiger partial charge is 0.465 e. The second-order valence-electron chi connectivity index (χ2n) is 3.98. The monoisotopic (exact) mass is 276 g/mol. The van der Waals surface area contributed by atoms with E-state index in [9.17, 15) is 4.79 Å². The van der Waals surface area contributed by atoms with Gasteiger partial charge in [-0.1, -0.05) is 42.1 Å². The lowest BCUT2D eigenvalue weighted by Crippen LogP contribution is -2.14. The Morgan fingerprint density at radius 3 is 2.74 bits per heavy atom. The fraction of sp³-hybridized carbons (Fsp3) is 0.286. The molecule has 0 unspecified atom stereocenters. The normalized spacial score (nSPS) is 12.1. The Bertz CT molecular complexity index is 539. The molecule has 1 aromatic heterocycles. The molecule has 0 aliphatic carbocycles. The van der Waals surface area contributed by atoms with E-state index in [2.05, 4.69) is 4.98 Å². The molecule has 5 heteroatoms. The Morgan fingerprint density at radius 1 is 1.42 bits per heavy atom. The summed E-state index contributed by atoms with van der Waals surface area (Å²) >= 11 is 1.40. The first-order valence-corrected chi connectivity index (χ1v) is 6.96. The van der Waals surface area contributed by atoms with Crippen molar-refractivity contribution in [2.75, 3.05) is 6.61 Å². The van der Waals surface area contributed by atoms with Gasteiger partial charge in [-0.15, -0.1) is 0 Å². The SMILES string of the molecule is CCOC(=O)[C@H](Sc1nccn1C)c1ccccc1. The number of thioether (sulfide) groups is 1. The minimum absolute atomic E-state index is 0.235. The second kappa shape index (κ2) is 6.43. The van der Waals surface area contributed by atoms with Crippen LogP contribution >= 0.6 is 11.8 Å². The Balaban J connectivity index is 2.25. The van der Waals surface area contributed by atoms with Crippen molar-refractivity contribution in [3.8, 4) is 0 Å². The Hall–Kier alpha value is -1.75. The number of hydrogen-bond acceptors (Lipinski definition) is 4. The van der Waals surface area contributed by atoms with Crippen molar-refractivity contribution in [3.63, 3.8) is 0 Å². The van der Waals surface area contributed by atoms with Gasteiger partial charge in [-0.2, -0.15) is 0 Å². The van der Waals surface area contributed by atoms with E-state index in [1.807, 2.05) is 55.1 Å². The first kappa shape index (κ1) is 13.7. The van der Waals surface area contributed by atoms with Gasteiger partial charge in [0.15, 0.2) is 5.16 Å². The molecule has 2 rings (SSSR count). The molecule has 0 amide bonds. The summed E-state index contributed by atoms with van der Waals surface area (Å²) in [5, 5.41) is 0.407. The number of imidazole rings is 1. The number of aromatic nitrogens is 2. The maximum absolute atomic E-state index is 12.1. The minimum Gasteiger partial charge on any atom is -0.465 e. The smallest absolute Gasteiger partial charge is 0.324 e. The molecule has 0 fully saturated rings. The van der Waals surface area contributed by atoms with E-state index in [1.54, 1.807) is 6.20 Å². The summed E-state index contributed by atoms with van der Waals surface area (Å²) < 4.78 is 7.04. The molecule has 0 aliphatic heterocycles. The van der Waals surface area contributed by atoms with E-state index in [0.29, 0.717) is 6.61 Å². The fourth-order valence-electron chi connectivity index (χ4n) is 1.67. The van der Waals surface area contributed by atoms with Gasteiger partial charge in [0.25, 0.3) is 0 Å². The quantitative estimate of drug-likeness (QED) is 0.622. The maximum atomic E-state index is 12.1. The minimum atomic E-state index is -0.387. The van der Waals surface area contributed by atoms with Crippen LogP contribution in [0.25, 0.3) is 0 Å². The zero-order valence-corrected chi connectivity index (χ0v) is 11.8. The van der Waals surface area contributed by atoms with Gasteiger partial charge >= 0.3 is 5.97 Å². The van der Waals surface area contributed by atoms with Gasteiger partial charge in [0, 0.05) is 19.4 Å². The summed E-state index contributed by atoms with van der Waals surface area (Å²) in [6, 6.07) is 9.62. The van der Waals surface area contributed by atoms with Crippen LogP contribution in [0.5, 0.6) is 0 Å². The Labute approximate surface area is 116 Å². The molecule has 100 valence electrons. The molecule has 19 heavy (non-hydrogen) atoms. The molecule has 0 N–H and O–H groups in total. The molecular formula is C14H16N2O2S. The van der Waals surface area contributed by atoms with Crippen molar-refractivity contribution in [1.82, 2.24) is 9.55 Å². The average Bonchev–Trinajstić information content (AvgIpc) is 2.82. The molecule has 1 atom stereocenters. The van der Waals surface area contributed by atoms with E-state index in [-0.39, 0.29) is 11.2 Å². The predicted molar refractivity (Wildman–Crippen MR) is 74.9 cm³/mol. The van der Waals surface area contributed by atoms with Crippen LogP contribution < -0.4 is 0 Å². The fourth-order valence-corrected chi connectivity index (χ4v) is 2.69. The van der Waals surface area contributed by atoms with Gasteiger partial charge in [0.2, 0.25) is 0 Å². The van der Waals surface area contributed by atoms with E-state index < -0.39 is 0 Å². The first-order valence-electron chi connectivity index (χ1n) is 6.08. The van der Waals surface area contributed by atoms with E-state index in [0.717, 1.165) is 10.7 Å². The summed E-state index contributed by atoms with van der Waals surface area (Å²) in [6.07, 6.45) is 3.57. The summed E-state index contributed by atoms with van der Waals surface area (Å²) in [5.41, 5.74) is 0.925. The van der Waals surface area contributed by atoms with Crippen LogP contribution in [0, 0.1) is 0 Å². The highest BCUT2D eigenvalue weighted by atomic mass is 32.2. The number of esters is 1. The van der Waals surface area contributed by atoms with Crippen molar-refractivity contribution >= 4 is 17.7 Å². The molecule has 1 heterocycles. The molecule has 2 aromatic rings. The van der Waals surface area contributed by atoms with Gasteiger partial charge in [0.1, 0.15) is 5.25 Å². The van der Waals surface area contributed by atoms with Crippen molar-refractivity contribution < 1.29 is 9.53 Å². The predicted octanol–water partition coefficient (Wildman–Crippen LogP) is 2.82. The van der Waals surface area contributed by atoms with Crippen molar-refractivity contribution in [2.45, 2.75) is 17.3 Å². The van der Waals surface area contributed by atoms with Crippen LogP contribution in [0.3, 0.4) is 0 Å². The lowest BCUT2D eigenvalue weighted by atomic mass is 10.1. The van der Waals surface area contributed by atoms with Gasteiger partial charge in [-0.25, -0.2) is 4.98 Å². The van der Waals surface area contributed by atoms with Crippen LogP contribution in [0.1, 0.15) is 17.7 Å². The Kier molecular flexibility index (Phi) is 4.63. The highest BCUT2D eigenvalue weighted by Gasteiger charge is 2.24. The standard InChI is InChI=1S/C14H16N2O2S/c1-3-18-13(17)12(11-7-5-4-6-8-11)19-14-15-9-10-16(14)2/h4-10,12H,3H2,1-2H3/t12-/m1/s1. The first-order chi connectivity index (χ1) is 9.22. The number of hydrogen-bond donors (Lipinski definition) is 0. The van der Waals surface area contributed by atoms with Gasteiger partial charge in [0.05, 0.1) is 6.61 Å². The molecule has 1 aromatic carbocycles. The summed E-state index contributed by atoms with van der Waals surface area (Å²) in [5.74, 6) is -0.235. The Morgan fingerprint density at radius 2 is 2.16 bits per heavy atom. The van der Waals surface area contributed by atoms with E-state index in [4.69, 9.17) is 4.74 Å². The third-order valence-electron chi connectivity index (χ3n) is 2.60. The van der Waals surface area contributed by atoms with Crippen molar-refractivity contribution in [3.05, 3.63) is 48.3 Å². The zero-order valence-electron chi connectivity index (χ0n) is 10.9. The third kappa shape index (κ3) is 3.38. The highest BCUT2D eigenvalue weighted by Crippen LogP contribution is 2.34. The number of ether oxygens (including phenoxy) is 1. The average molecular weight is 276 g/mol. The molecule has 0 saturated heterocycles. The number of carbonyl (C=O) groups excluding carboxylic acids is 1. The molecule has 0 aliphatic rings. The molecule has 0 bridgehead atoms. The summed E-state index contributed by atoms with van der Waals surface area (Å²) in [4.78, 5) is 16.3. The number of aryl methyl sites for hydroxylation is 1. The summed E-state index contributed by atoms with van der Waals surface area (Å²) in [6.45, 7) is 2.19. The van der Waals surface area contributed by atoms with Crippen LogP contribution in [0.15, 0.2) is 47.9 Å². The number of nitrogens with zero attached hydrogens (tertiary/aromatic N) is 2. The van der Waals surface area contributed by atoms with Crippen molar-refractivity contribution in [2.24, 2.45) is 7.05 Å². The topological polar surface area (TPSA) is 44.1 Å². The zero-order chi connectivity index (χ0) is 13.7.